The maximum Gasteiger partial charge on any atom is 0.144 e. The van der Waals surface area contributed by atoms with Gasteiger partial charge in [0.2, 0.25) is 0 Å². The molecule has 0 bridgehead atoms. The molecule has 100 valence electrons. The van der Waals surface area contributed by atoms with Gasteiger partial charge in [-0.15, -0.1) is 0 Å². The van der Waals surface area contributed by atoms with Crippen molar-refractivity contribution in [1.29, 1.82) is 0 Å². The summed E-state index contributed by atoms with van der Waals surface area (Å²) in [6.45, 7) is 6.02. The van der Waals surface area contributed by atoms with Gasteiger partial charge >= 0.3 is 0 Å². The minimum atomic E-state index is 0.647. The van der Waals surface area contributed by atoms with E-state index < -0.39 is 0 Å². The topological polar surface area (TPSA) is 47.3 Å². The molecular weight excluding hydrogens is 224 g/mol. The molecular formula is C15H24N2O. The third kappa shape index (κ3) is 3.31. The van der Waals surface area contributed by atoms with Crippen molar-refractivity contribution in [2.75, 3.05) is 24.2 Å². The lowest BCUT2D eigenvalue weighted by atomic mass is 10.1. The van der Waals surface area contributed by atoms with E-state index >= 15 is 0 Å². The minimum Gasteiger partial charge on any atom is -0.492 e. The average molecular weight is 248 g/mol. The van der Waals surface area contributed by atoms with E-state index in [0.29, 0.717) is 12.3 Å². The molecule has 0 spiro atoms. The van der Waals surface area contributed by atoms with E-state index in [1.54, 1.807) is 0 Å². The number of hydrogen-bond acceptors (Lipinski definition) is 3. The lowest BCUT2D eigenvalue weighted by Gasteiger charge is -2.14. The van der Waals surface area contributed by atoms with Crippen molar-refractivity contribution in [3.05, 3.63) is 18.2 Å². The SMILES string of the molecule is CCOc1cc(NCC2CCC(C)C2)ccc1N. The molecule has 3 nitrogen and oxygen atoms in total. The van der Waals surface area contributed by atoms with Crippen LogP contribution >= 0.6 is 0 Å². The van der Waals surface area contributed by atoms with Crippen LogP contribution in [0.5, 0.6) is 5.75 Å². The summed E-state index contributed by atoms with van der Waals surface area (Å²) in [4.78, 5) is 0. The first-order chi connectivity index (χ1) is 8.69. The molecule has 1 saturated carbocycles. The molecule has 3 N–H and O–H groups in total. The highest BCUT2D eigenvalue weighted by atomic mass is 16.5. The molecule has 0 amide bonds. The van der Waals surface area contributed by atoms with E-state index in [2.05, 4.69) is 12.2 Å². The van der Waals surface area contributed by atoms with Crippen molar-refractivity contribution in [3.8, 4) is 5.75 Å². The molecule has 18 heavy (non-hydrogen) atoms. The summed E-state index contributed by atoms with van der Waals surface area (Å²) in [5.41, 5.74) is 7.67. The Hall–Kier alpha value is -1.38. The average Bonchev–Trinajstić information content (AvgIpc) is 2.76. The van der Waals surface area contributed by atoms with Crippen LogP contribution in [0, 0.1) is 11.8 Å². The van der Waals surface area contributed by atoms with Gasteiger partial charge in [-0.2, -0.15) is 0 Å². The van der Waals surface area contributed by atoms with E-state index in [0.717, 1.165) is 29.8 Å². The number of rotatable bonds is 5. The maximum absolute atomic E-state index is 5.86. The van der Waals surface area contributed by atoms with E-state index in [4.69, 9.17) is 10.5 Å². The molecule has 0 heterocycles. The number of nitrogen functional groups attached to an aromatic ring is 1. The van der Waals surface area contributed by atoms with Crippen LogP contribution < -0.4 is 15.8 Å². The Morgan fingerprint density at radius 3 is 2.89 bits per heavy atom. The van der Waals surface area contributed by atoms with Crippen LogP contribution in [0.3, 0.4) is 0 Å². The second-order valence-corrected chi connectivity index (χ2v) is 5.35. The third-order valence-corrected chi connectivity index (χ3v) is 3.71. The van der Waals surface area contributed by atoms with E-state index in [1.807, 2.05) is 25.1 Å². The smallest absolute Gasteiger partial charge is 0.144 e. The van der Waals surface area contributed by atoms with Crippen LogP contribution in [0.2, 0.25) is 0 Å². The number of nitrogens with two attached hydrogens (primary N) is 1. The van der Waals surface area contributed by atoms with Crippen LogP contribution in [-0.4, -0.2) is 13.2 Å². The lowest BCUT2D eigenvalue weighted by molar-refractivity contribution is 0.342. The van der Waals surface area contributed by atoms with Crippen LogP contribution in [0.15, 0.2) is 18.2 Å². The molecule has 0 aromatic heterocycles. The van der Waals surface area contributed by atoms with Crippen LogP contribution in [-0.2, 0) is 0 Å². The van der Waals surface area contributed by atoms with Crippen molar-refractivity contribution in [1.82, 2.24) is 0 Å². The lowest BCUT2D eigenvalue weighted by Crippen LogP contribution is -2.11. The number of benzene rings is 1. The molecule has 1 aromatic rings. The highest BCUT2D eigenvalue weighted by Gasteiger charge is 2.20. The van der Waals surface area contributed by atoms with E-state index in [-0.39, 0.29) is 0 Å². The monoisotopic (exact) mass is 248 g/mol. The van der Waals surface area contributed by atoms with Gasteiger partial charge in [-0.3, -0.25) is 0 Å². The zero-order chi connectivity index (χ0) is 13.0. The number of hydrogen-bond donors (Lipinski definition) is 2. The molecule has 1 aliphatic rings. The highest BCUT2D eigenvalue weighted by molar-refractivity contribution is 5.61. The van der Waals surface area contributed by atoms with Crippen molar-refractivity contribution in [3.63, 3.8) is 0 Å². The Labute approximate surface area is 110 Å². The van der Waals surface area contributed by atoms with Gasteiger partial charge in [0.15, 0.2) is 0 Å². The quantitative estimate of drug-likeness (QED) is 0.784. The Bertz CT molecular complexity index is 392. The summed E-state index contributed by atoms with van der Waals surface area (Å²) < 4.78 is 5.50. The van der Waals surface area contributed by atoms with Gasteiger partial charge in [-0.1, -0.05) is 13.3 Å². The van der Waals surface area contributed by atoms with E-state index in [9.17, 15) is 0 Å². The molecule has 2 unspecified atom stereocenters. The molecule has 0 radical (unpaired) electrons. The van der Waals surface area contributed by atoms with Gasteiger partial charge in [-0.05, 0) is 43.7 Å². The zero-order valence-corrected chi connectivity index (χ0v) is 11.4. The fraction of sp³-hybridized carbons (Fsp3) is 0.600. The maximum atomic E-state index is 5.86. The Balaban J connectivity index is 1.91. The zero-order valence-electron chi connectivity index (χ0n) is 11.4. The van der Waals surface area contributed by atoms with Crippen LogP contribution in [0.1, 0.15) is 33.1 Å². The molecule has 0 saturated heterocycles. The Kier molecular flexibility index (Phi) is 4.34. The number of anilines is 2. The predicted molar refractivity (Wildman–Crippen MR) is 77.0 cm³/mol. The third-order valence-electron chi connectivity index (χ3n) is 3.71. The summed E-state index contributed by atoms with van der Waals surface area (Å²) in [5.74, 6) is 2.48. The molecule has 2 rings (SSSR count). The minimum absolute atomic E-state index is 0.647. The van der Waals surface area contributed by atoms with Gasteiger partial charge in [-0.25, -0.2) is 0 Å². The van der Waals surface area contributed by atoms with Crippen molar-refractivity contribution in [2.24, 2.45) is 11.8 Å². The molecule has 1 aliphatic carbocycles. The normalized spacial score (nSPS) is 23.0. The predicted octanol–water partition coefficient (Wildman–Crippen LogP) is 3.52. The number of nitrogens with one attached hydrogen (secondary N) is 1. The highest BCUT2D eigenvalue weighted by Crippen LogP contribution is 2.31. The summed E-state index contributed by atoms with van der Waals surface area (Å²) in [5, 5.41) is 3.50. The fourth-order valence-electron chi connectivity index (χ4n) is 2.70. The van der Waals surface area contributed by atoms with Crippen molar-refractivity contribution in [2.45, 2.75) is 33.1 Å². The largest absolute Gasteiger partial charge is 0.492 e. The Morgan fingerprint density at radius 1 is 1.39 bits per heavy atom. The van der Waals surface area contributed by atoms with Gasteiger partial charge in [0.25, 0.3) is 0 Å². The van der Waals surface area contributed by atoms with Gasteiger partial charge in [0.05, 0.1) is 12.3 Å². The fourth-order valence-corrected chi connectivity index (χ4v) is 2.70. The summed E-state index contributed by atoms with van der Waals surface area (Å²) in [7, 11) is 0. The summed E-state index contributed by atoms with van der Waals surface area (Å²) in [6, 6.07) is 5.93. The molecule has 3 heteroatoms. The van der Waals surface area contributed by atoms with E-state index in [1.165, 1.54) is 19.3 Å². The van der Waals surface area contributed by atoms with Gasteiger partial charge < -0.3 is 15.8 Å². The first kappa shape index (κ1) is 13.1. The molecule has 1 fully saturated rings. The first-order valence-electron chi connectivity index (χ1n) is 6.95. The van der Waals surface area contributed by atoms with Crippen LogP contribution in [0.25, 0.3) is 0 Å². The van der Waals surface area contributed by atoms with Crippen LogP contribution in [0.4, 0.5) is 11.4 Å². The second-order valence-electron chi connectivity index (χ2n) is 5.35. The first-order valence-corrected chi connectivity index (χ1v) is 6.95. The summed E-state index contributed by atoms with van der Waals surface area (Å²) >= 11 is 0. The molecule has 2 atom stereocenters. The summed E-state index contributed by atoms with van der Waals surface area (Å²) in [6.07, 6.45) is 4.07. The van der Waals surface area contributed by atoms with Gasteiger partial charge in [0, 0.05) is 18.3 Å². The van der Waals surface area contributed by atoms with Gasteiger partial charge in [0.1, 0.15) is 5.75 Å². The van der Waals surface area contributed by atoms with Crippen molar-refractivity contribution >= 4 is 11.4 Å². The molecule has 1 aromatic carbocycles. The standard InChI is InChI=1S/C15H24N2O/c1-3-18-15-9-13(6-7-14(15)16)17-10-12-5-4-11(2)8-12/h6-7,9,11-12,17H,3-5,8,10,16H2,1-2H3. The Morgan fingerprint density at radius 2 is 2.22 bits per heavy atom. The second kappa shape index (κ2) is 5.98. The number of ether oxygens (including phenoxy) is 1. The van der Waals surface area contributed by atoms with Crippen molar-refractivity contribution < 1.29 is 4.74 Å². The molecule has 0 aliphatic heterocycles.